The molecule has 0 radical (unpaired) electrons. The summed E-state index contributed by atoms with van der Waals surface area (Å²) >= 11 is 0. The van der Waals surface area contributed by atoms with Crippen molar-refractivity contribution in [2.75, 3.05) is 0 Å². The first-order valence-electron chi connectivity index (χ1n) is 6.42. The van der Waals surface area contributed by atoms with Crippen LogP contribution >= 0.6 is 0 Å². The van der Waals surface area contributed by atoms with Crippen molar-refractivity contribution in [1.82, 2.24) is 5.32 Å². The highest BCUT2D eigenvalue weighted by molar-refractivity contribution is 5.11. The third-order valence-electron chi connectivity index (χ3n) is 3.80. The number of rotatable bonds is 2. The monoisotopic (exact) mass is 253 g/mol. The van der Waals surface area contributed by atoms with Gasteiger partial charge >= 0.3 is 0 Å². The van der Waals surface area contributed by atoms with Crippen LogP contribution in [0.25, 0.3) is 0 Å². The van der Waals surface area contributed by atoms with Crippen molar-refractivity contribution in [2.45, 2.75) is 57.4 Å². The molecular formula is C14H23NO3. The van der Waals surface area contributed by atoms with Gasteiger partial charge in [-0.3, -0.25) is 0 Å². The van der Waals surface area contributed by atoms with Crippen LogP contribution in [-0.4, -0.2) is 27.4 Å². The van der Waals surface area contributed by atoms with E-state index in [9.17, 15) is 10.2 Å². The molecule has 1 fully saturated rings. The van der Waals surface area contributed by atoms with Crippen molar-refractivity contribution in [1.29, 1.82) is 0 Å². The summed E-state index contributed by atoms with van der Waals surface area (Å²) in [5, 5.41) is 24.3. The highest BCUT2D eigenvalue weighted by Gasteiger charge is 2.49. The molecule has 4 heteroatoms. The van der Waals surface area contributed by atoms with Gasteiger partial charge in [-0.25, -0.2) is 0 Å². The molecule has 3 atom stereocenters. The second-order valence-corrected chi connectivity index (χ2v) is 6.49. The maximum absolute atomic E-state index is 10.4. The number of piperidine rings is 1. The lowest BCUT2D eigenvalue weighted by Gasteiger charge is -2.51. The molecule has 102 valence electrons. The van der Waals surface area contributed by atoms with Crippen LogP contribution < -0.4 is 5.32 Å². The molecule has 0 spiro atoms. The van der Waals surface area contributed by atoms with Gasteiger partial charge in [0.1, 0.15) is 11.9 Å². The van der Waals surface area contributed by atoms with Crippen LogP contribution in [0.3, 0.4) is 0 Å². The van der Waals surface area contributed by atoms with E-state index in [0.29, 0.717) is 12.2 Å². The van der Waals surface area contributed by atoms with Crippen LogP contribution in [0.2, 0.25) is 0 Å². The summed E-state index contributed by atoms with van der Waals surface area (Å²) in [7, 11) is 0. The zero-order chi connectivity index (χ0) is 13.6. The van der Waals surface area contributed by atoms with Crippen LogP contribution in [0.5, 0.6) is 0 Å². The average Bonchev–Trinajstić information content (AvgIpc) is 2.63. The van der Waals surface area contributed by atoms with E-state index >= 15 is 0 Å². The Labute approximate surface area is 108 Å². The van der Waals surface area contributed by atoms with Crippen molar-refractivity contribution in [3.05, 3.63) is 24.2 Å². The summed E-state index contributed by atoms with van der Waals surface area (Å²) in [6.07, 6.45) is 0.793. The van der Waals surface area contributed by atoms with Crippen molar-refractivity contribution < 1.29 is 14.6 Å². The Hall–Kier alpha value is -0.840. The summed E-state index contributed by atoms with van der Waals surface area (Å²) in [5.74, 6) is 0.213. The second kappa shape index (κ2) is 4.37. The fraction of sp³-hybridized carbons (Fsp3) is 0.714. The maximum atomic E-state index is 10.4. The lowest BCUT2D eigenvalue weighted by Crippen LogP contribution is -2.65. The Kier molecular flexibility index (Phi) is 3.30. The van der Waals surface area contributed by atoms with Crippen LogP contribution in [0.15, 0.2) is 22.8 Å². The van der Waals surface area contributed by atoms with E-state index < -0.39 is 12.2 Å². The van der Waals surface area contributed by atoms with Crippen LogP contribution in [0.1, 0.15) is 46.0 Å². The Morgan fingerprint density at radius 1 is 1.39 bits per heavy atom. The van der Waals surface area contributed by atoms with Crippen molar-refractivity contribution in [3.8, 4) is 0 Å². The third-order valence-corrected chi connectivity index (χ3v) is 3.80. The van der Waals surface area contributed by atoms with E-state index in [2.05, 4.69) is 19.2 Å². The molecule has 1 aliphatic heterocycles. The van der Waals surface area contributed by atoms with E-state index in [0.717, 1.165) is 0 Å². The van der Waals surface area contributed by atoms with Crippen LogP contribution in [0.4, 0.5) is 0 Å². The average molecular weight is 253 g/mol. The molecule has 1 aromatic rings. The van der Waals surface area contributed by atoms with Gasteiger partial charge in [-0.15, -0.1) is 0 Å². The quantitative estimate of drug-likeness (QED) is 0.752. The maximum Gasteiger partial charge on any atom is 0.132 e. The molecule has 1 aliphatic rings. The van der Waals surface area contributed by atoms with Gasteiger partial charge in [0.2, 0.25) is 0 Å². The van der Waals surface area contributed by atoms with Gasteiger partial charge in [-0.1, -0.05) is 0 Å². The predicted octanol–water partition coefficient (Wildman–Crippen LogP) is 1.84. The molecule has 2 rings (SSSR count). The van der Waals surface area contributed by atoms with Gasteiger partial charge in [-0.05, 0) is 46.2 Å². The molecular weight excluding hydrogens is 230 g/mol. The van der Waals surface area contributed by atoms with Crippen LogP contribution in [0, 0.1) is 5.92 Å². The van der Waals surface area contributed by atoms with Crippen molar-refractivity contribution in [2.24, 2.45) is 5.92 Å². The normalized spacial score (nSPS) is 32.1. The Morgan fingerprint density at radius 3 is 2.56 bits per heavy atom. The fourth-order valence-electron chi connectivity index (χ4n) is 3.38. The molecule has 0 aromatic carbocycles. The first-order chi connectivity index (χ1) is 8.23. The van der Waals surface area contributed by atoms with E-state index in [1.54, 1.807) is 12.1 Å². The minimum atomic E-state index is -0.798. The lowest BCUT2D eigenvalue weighted by atomic mass is 9.70. The van der Waals surface area contributed by atoms with Gasteiger partial charge in [-0.2, -0.15) is 0 Å². The van der Waals surface area contributed by atoms with Crippen molar-refractivity contribution in [3.63, 3.8) is 0 Å². The molecule has 0 amide bonds. The van der Waals surface area contributed by atoms with Gasteiger partial charge in [0.15, 0.2) is 0 Å². The molecule has 18 heavy (non-hydrogen) atoms. The first kappa shape index (κ1) is 13.6. The predicted molar refractivity (Wildman–Crippen MR) is 69.1 cm³/mol. The molecule has 2 heterocycles. The zero-order valence-electron chi connectivity index (χ0n) is 11.5. The molecule has 0 saturated carbocycles. The summed E-state index contributed by atoms with van der Waals surface area (Å²) in [4.78, 5) is 0. The van der Waals surface area contributed by atoms with Crippen LogP contribution in [-0.2, 0) is 0 Å². The number of hydrogen-bond donors (Lipinski definition) is 3. The molecule has 4 nitrogen and oxygen atoms in total. The minimum absolute atomic E-state index is 0.137. The summed E-state index contributed by atoms with van der Waals surface area (Å²) in [6, 6.07) is 3.49. The second-order valence-electron chi connectivity index (χ2n) is 6.49. The lowest BCUT2D eigenvalue weighted by molar-refractivity contribution is -0.0867. The molecule has 0 bridgehead atoms. The topological polar surface area (TPSA) is 65.6 Å². The number of furan rings is 1. The molecule has 3 unspecified atom stereocenters. The first-order valence-corrected chi connectivity index (χ1v) is 6.42. The van der Waals surface area contributed by atoms with Gasteiger partial charge < -0.3 is 19.9 Å². The number of hydrogen-bond acceptors (Lipinski definition) is 4. The van der Waals surface area contributed by atoms with Crippen molar-refractivity contribution >= 4 is 0 Å². The largest absolute Gasteiger partial charge is 0.467 e. The summed E-state index contributed by atoms with van der Waals surface area (Å²) in [6.45, 7) is 8.14. The third kappa shape index (κ3) is 2.46. The molecule has 0 aliphatic carbocycles. The Bertz CT molecular complexity index is 397. The van der Waals surface area contributed by atoms with E-state index in [1.807, 2.05) is 13.8 Å². The highest BCUT2D eigenvalue weighted by atomic mass is 16.4. The van der Waals surface area contributed by atoms with E-state index in [-0.39, 0.29) is 17.0 Å². The van der Waals surface area contributed by atoms with Gasteiger partial charge in [0.25, 0.3) is 0 Å². The zero-order valence-corrected chi connectivity index (χ0v) is 11.5. The Morgan fingerprint density at radius 2 is 2.06 bits per heavy atom. The standard InChI is InChI=1S/C14H23NO3/c1-13(2)8-9(16)11(14(3,4)15-13)12(17)10-6-5-7-18-10/h5-7,9,11-12,15-17H,8H2,1-4H3. The smallest absolute Gasteiger partial charge is 0.132 e. The van der Waals surface area contributed by atoms with E-state index in [4.69, 9.17) is 4.42 Å². The molecule has 3 N–H and O–H groups in total. The van der Waals surface area contributed by atoms with E-state index in [1.165, 1.54) is 6.26 Å². The Balaban J connectivity index is 2.26. The number of nitrogens with one attached hydrogen (secondary N) is 1. The summed E-state index contributed by atoms with van der Waals surface area (Å²) < 4.78 is 5.25. The SMILES string of the molecule is CC1(C)CC(O)C(C(O)c2ccco2)C(C)(C)N1. The highest BCUT2D eigenvalue weighted by Crippen LogP contribution is 2.40. The number of aliphatic hydroxyl groups excluding tert-OH is 2. The fourth-order valence-corrected chi connectivity index (χ4v) is 3.38. The summed E-state index contributed by atoms with van der Waals surface area (Å²) in [5.41, 5.74) is -0.504. The molecule has 1 aromatic heterocycles. The molecule has 1 saturated heterocycles. The van der Waals surface area contributed by atoms with Gasteiger partial charge in [0.05, 0.1) is 12.4 Å². The number of aliphatic hydroxyl groups is 2. The van der Waals surface area contributed by atoms with Gasteiger partial charge in [0, 0.05) is 17.0 Å². The minimum Gasteiger partial charge on any atom is -0.467 e.